The van der Waals surface area contributed by atoms with E-state index in [2.05, 4.69) is 6.92 Å². The lowest BCUT2D eigenvalue weighted by Gasteiger charge is -2.04. The van der Waals surface area contributed by atoms with E-state index in [0.29, 0.717) is 17.7 Å². The van der Waals surface area contributed by atoms with Gasteiger partial charge in [0.2, 0.25) is 0 Å². The zero-order valence-electron chi connectivity index (χ0n) is 8.79. The lowest BCUT2D eigenvalue weighted by molar-refractivity contribution is 0.115. The number of benzene rings is 1. The fraction of sp³-hybridized carbons (Fsp3) is 0.417. The molecule has 0 N–H and O–H groups in total. The first-order valence-corrected chi connectivity index (χ1v) is 5.04. The van der Waals surface area contributed by atoms with Crippen LogP contribution in [0.1, 0.15) is 30.9 Å². The van der Waals surface area contributed by atoms with Crippen molar-refractivity contribution >= 4 is 0 Å². The van der Waals surface area contributed by atoms with E-state index >= 15 is 0 Å². The molecule has 0 spiro atoms. The van der Waals surface area contributed by atoms with Crippen LogP contribution in [0.15, 0.2) is 18.2 Å². The van der Waals surface area contributed by atoms with Gasteiger partial charge in [0.1, 0.15) is 5.82 Å². The molecule has 80 valence electrons. The lowest BCUT2D eigenvalue weighted by atomic mass is 10.1. The molecule has 0 atom stereocenters. The van der Waals surface area contributed by atoms with E-state index in [-0.39, 0.29) is 12.4 Å². The largest absolute Gasteiger partial charge is 0.377 e. The van der Waals surface area contributed by atoms with Crippen LogP contribution in [0, 0.1) is 17.1 Å². The highest BCUT2D eigenvalue weighted by molar-refractivity contribution is 5.32. The minimum Gasteiger partial charge on any atom is -0.377 e. The van der Waals surface area contributed by atoms with Crippen LogP contribution in [-0.4, -0.2) is 6.61 Å². The third kappa shape index (κ3) is 3.69. The van der Waals surface area contributed by atoms with Gasteiger partial charge in [0.05, 0.1) is 18.2 Å². The molecular weight excluding hydrogens is 193 g/mol. The highest BCUT2D eigenvalue weighted by Crippen LogP contribution is 2.11. The van der Waals surface area contributed by atoms with Crippen LogP contribution in [0.3, 0.4) is 0 Å². The summed E-state index contributed by atoms with van der Waals surface area (Å²) in [6.07, 6.45) is 2.05. The van der Waals surface area contributed by atoms with Crippen LogP contribution >= 0.6 is 0 Å². The number of nitriles is 1. The zero-order chi connectivity index (χ0) is 11.1. The van der Waals surface area contributed by atoms with Gasteiger partial charge in [0.25, 0.3) is 0 Å². The average Bonchev–Trinajstić information content (AvgIpc) is 2.26. The van der Waals surface area contributed by atoms with Crippen molar-refractivity contribution in [3.8, 4) is 6.07 Å². The molecule has 0 unspecified atom stereocenters. The van der Waals surface area contributed by atoms with Crippen LogP contribution in [0.5, 0.6) is 0 Å². The summed E-state index contributed by atoms with van der Waals surface area (Å²) >= 11 is 0. The number of rotatable bonds is 5. The summed E-state index contributed by atoms with van der Waals surface area (Å²) < 4.78 is 18.6. The van der Waals surface area contributed by atoms with Crippen molar-refractivity contribution in [3.63, 3.8) is 0 Å². The first kappa shape index (κ1) is 11.7. The van der Waals surface area contributed by atoms with Crippen molar-refractivity contribution in [3.05, 3.63) is 35.1 Å². The van der Waals surface area contributed by atoms with Gasteiger partial charge in [-0.3, -0.25) is 0 Å². The summed E-state index contributed by atoms with van der Waals surface area (Å²) in [6, 6.07) is 6.32. The normalized spacial score (nSPS) is 9.93. The van der Waals surface area contributed by atoms with E-state index in [0.717, 1.165) is 12.8 Å². The van der Waals surface area contributed by atoms with E-state index < -0.39 is 0 Å². The molecule has 0 aliphatic carbocycles. The quantitative estimate of drug-likeness (QED) is 0.695. The van der Waals surface area contributed by atoms with Crippen molar-refractivity contribution < 1.29 is 9.13 Å². The Labute approximate surface area is 89.3 Å². The molecule has 0 amide bonds. The van der Waals surface area contributed by atoms with Gasteiger partial charge in [0.15, 0.2) is 0 Å². The predicted octanol–water partition coefficient (Wildman–Crippen LogP) is 3.01. The molecule has 0 aliphatic rings. The Bertz CT molecular complexity index is 357. The minimum atomic E-state index is -0.370. The predicted molar refractivity (Wildman–Crippen MR) is 55.7 cm³/mol. The Morgan fingerprint density at radius 3 is 2.87 bits per heavy atom. The number of hydrogen-bond acceptors (Lipinski definition) is 2. The van der Waals surface area contributed by atoms with Crippen LogP contribution in [0.25, 0.3) is 0 Å². The number of nitrogens with zero attached hydrogens (tertiary/aromatic N) is 1. The van der Waals surface area contributed by atoms with E-state index in [9.17, 15) is 4.39 Å². The fourth-order valence-corrected chi connectivity index (χ4v) is 1.16. The van der Waals surface area contributed by atoms with Gasteiger partial charge in [0, 0.05) is 12.2 Å². The van der Waals surface area contributed by atoms with Crippen molar-refractivity contribution in [1.29, 1.82) is 5.26 Å². The fourth-order valence-electron chi connectivity index (χ4n) is 1.16. The summed E-state index contributed by atoms with van der Waals surface area (Å²) in [4.78, 5) is 0. The smallest absolute Gasteiger partial charge is 0.130 e. The molecule has 2 nitrogen and oxygen atoms in total. The molecule has 1 aromatic carbocycles. The molecule has 0 aromatic heterocycles. The van der Waals surface area contributed by atoms with Crippen LogP contribution in [-0.2, 0) is 11.3 Å². The maximum Gasteiger partial charge on any atom is 0.130 e. The maximum atomic E-state index is 13.3. The second-order valence-corrected chi connectivity index (χ2v) is 3.32. The Kier molecular flexibility index (Phi) is 4.79. The summed E-state index contributed by atoms with van der Waals surface area (Å²) in [5, 5.41) is 8.55. The van der Waals surface area contributed by atoms with Gasteiger partial charge in [-0.2, -0.15) is 5.26 Å². The second kappa shape index (κ2) is 6.15. The van der Waals surface area contributed by atoms with Gasteiger partial charge >= 0.3 is 0 Å². The number of hydrogen-bond donors (Lipinski definition) is 0. The van der Waals surface area contributed by atoms with Gasteiger partial charge in [-0.25, -0.2) is 4.39 Å². The summed E-state index contributed by atoms with van der Waals surface area (Å²) in [7, 11) is 0. The molecule has 3 heteroatoms. The highest BCUT2D eigenvalue weighted by atomic mass is 19.1. The molecule has 0 saturated heterocycles. The van der Waals surface area contributed by atoms with E-state index in [1.165, 1.54) is 6.07 Å². The first-order chi connectivity index (χ1) is 7.27. The monoisotopic (exact) mass is 207 g/mol. The second-order valence-electron chi connectivity index (χ2n) is 3.32. The van der Waals surface area contributed by atoms with Crippen molar-refractivity contribution in [2.75, 3.05) is 6.61 Å². The molecule has 0 aliphatic heterocycles. The maximum absolute atomic E-state index is 13.3. The van der Waals surface area contributed by atoms with Gasteiger partial charge in [-0.1, -0.05) is 19.4 Å². The molecular formula is C12H14FNO. The van der Waals surface area contributed by atoms with E-state index in [1.807, 2.05) is 6.07 Å². The Morgan fingerprint density at radius 1 is 1.47 bits per heavy atom. The van der Waals surface area contributed by atoms with Crippen LogP contribution < -0.4 is 0 Å². The SMILES string of the molecule is CCCCOCc1ccc(C#N)cc1F. The summed E-state index contributed by atoms with van der Waals surface area (Å²) in [6.45, 7) is 3.00. The molecule has 15 heavy (non-hydrogen) atoms. The van der Waals surface area contributed by atoms with Gasteiger partial charge in [-0.05, 0) is 18.6 Å². The number of ether oxygens (including phenoxy) is 1. The Balaban J connectivity index is 2.52. The first-order valence-electron chi connectivity index (χ1n) is 5.04. The zero-order valence-corrected chi connectivity index (χ0v) is 8.79. The summed E-state index contributed by atoms with van der Waals surface area (Å²) in [5.74, 6) is -0.370. The van der Waals surface area contributed by atoms with Gasteiger partial charge < -0.3 is 4.74 Å². The summed E-state index contributed by atoms with van der Waals surface area (Å²) in [5.41, 5.74) is 0.843. The number of halogens is 1. The Hall–Kier alpha value is -1.40. The average molecular weight is 207 g/mol. The standard InChI is InChI=1S/C12H14FNO/c1-2-3-6-15-9-11-5-4-10(8-14)7-12(11)13/h4-5,7H,2-3,6,9H2,1H3. The van der Waals surface area contributed by atoms with Crippen molar-refractivity contribution in [2.24, 2.45) is 0 Å². The molecule has 0 saturated carbocycles. The van der Waals surface area contributed by atoms with E-state index in [4.69, 9.17) is 10.00 Å². The Morgan fingerprint density at radius 2 is 2.27 bits per heavy atom. The van der Waals surface area contributed by atoms with Crippen LogP contribution in [0.2, 0.25) is 0 Å². The molecule has 0 fully saturated rings. The molecule has 1 rings (SSSR count). The molecule has 1 aromatic rings. The molecule has 0 bridgehead atoms. The topological polar surface area (TPSA) is 33.0 Å². The van der Waals surface area contributed by atoms with Gasteiger partial charge in [-0.15, -0.1) is 0 Å². The van der Waals surface area contributed by atoms with Crippen molar-refractivity contribution in [2.45, 2.75) is 26.4 Å². The third-order valence-electron chi connectivity index (χ3n) is 2.08. The number of unbranched alkanes of at least 4 members (excludes halogenated alkanes) is 1. The minimum absolute atomic E-state index is 0.275. The highest BCUT2D eigenvalue weighted by Gasteiger charge is 2.03. The van der Waals surface area contributed by atoms with Crippen LogP contribution in [0.4, 0.5) is 4.39 Å². The molecule has 0 heterocycles. The van der Waals surface area contributed by atoms with Crippen molar-refractivity contribution in [1.82, 2.24) is 0 Å². The third-order valence-corrected chi connectivity index (χ3v) is 2.08. The van der Waals surface area contributed by atoms with E-state index in [1.54, 1.807) is 12.1 Å². The molecule has 0 radical (unpaired) electrons. The lowest BCUT2D eigenvalue weighted by Crippen LogP contribution is -1.98.